The highest BCUT2D eigenvalue weighted by atomic mass is 32.2. The first-order chi connectivity index (χ1) is 15.2. The second kappa shape index (κ2) is 9.93. The van der Waals surface area contributed by atoms with Crippen LogP contribution in [0.4, 0.5) is 0 Å². The van der Waals surface area contributed by atoms with E-state index in [1.807, 2.05) is 0 Å². The second-order valence-corrected chi connectivity index (χ2v) is 8.41. The van der Waals surface area contributed by atoms with Crippen molar-refractivity contribution in [3.05, 3.63) is 0 Å². The number of amidine groups is 1. The molecule has 2 saturated heterocycles. The third kappa shape index (κ3) is 4.92. The fourth-order valence-electron chi connectivity index (χ4n) is 2.95. The van der Waals surface area contributed by atoms with E-state index in [1.54, 1.807) is 6.92 Å². The Morgan fingerprint density at radius 2 is 2.22 bits per heavy atom. The Kier molecular flexibility index (Phi) is 7.47. The number of hydrogen-bond acceptors (Lipinski definition) is 13. The van der Waals surface area contributed by atoms with Crippen LogP contribution in [-0.2, 0) is 38.2 Å². The van der Waals surface area contributed by atoms with E-state index in [4.69, 9.17) is 19.3 Å². The van der Waals surface area contributed by atoms with E-state index >= 15 is 0 Å². The van der Waals surface area contributed by atoms with E-state index in [-0.39, 0.29) is 43.3 Å². The van der Waals surface area contributed by atoms with E-state index < -0.39 is 43.5 Å². The average molecular weight is 495 g/mol. The number of amides is 2. The molecule has 0 aliphatic carbocycles. The maximum absolute atomic E-state index is 12.6. The van der Waals surface area contributed by atoms with Gasteiger partial charge in [0.1, 0.15) is 12.6 Å². The lowest BCUT2D eigenvalue weighted by molar-refractivity contribution is -0.256. The van der Waals surface area contributed by atoms with Crippen molar-refractivity contribution in [1.29, 1.82) is 0 Å². The molecule has 3 aliphatic rings. The molecule has 32 heavy (non-hydrogen) atoms. The molecule has 3 heterocycles. The molecule has 2 amide bonds. The Hall–Kier alpha value is -2.56. The molecule has 176 valence electrons. The van der Waals surface area contributed by atoms with Gasteiger partial charge in [0.25, 0.3) is 12.2 Å². The third-order valence-electron chi connectivity index (χ3n) is 4.30. The van der Waals surface area contributed by atoms with Crippen LogP contribution in [0.3, 0.4) is 0 Å². The van der Waals surface area contributed by atoms with Crippen molar-refractivity contribution in [2.75, 3.05) is 25.3 Å². The van der Waals surface area contributed by atoms with Gasteiger partial charge in [-0.15, -0.1) is 10.3 Å². The number of hydroxylamine groups is 3. The Bertz CT molecular complexity index is 860. The Morgan fingerprint density at radius 1 is 1.47 bits per heavy atom. The van der Waals surface area contributed by atoms with Crippen molar-refractivity contribution in [2.45, 2.75) is 31.5 Å². The summed E-state index contributed by atoms with van der Waals surface area (Å²) in [6.07, 6.45) is -0.782. The summed E-state index contributed by atoms with van der Waals surface area (Å²) >= 11 is 0.915. The van der Waals surface area contributed by atoms with E-state index in [9.17, 15) is 28.8 Å². The fourth-order valence-corrected chi connectivity index (χ4v) is 4.06. The van der Waals surface area contributed by atoms with Gasteiger partial charge in [-0.25, -0.2) is 10.3 Å². The first-order valence-electron chi connectivity index (χ1n) is 9.19. The Morgan fingerprint density at radius 3 is 2.81 bits per heavy atom. The number of thioether (sulfide) groups is 1. The second-order valence-electron chi connectivity index (χ2n) is 6.48. The van der Waals surface area contributed by atoms with Crippen LogP contribution < -0.4 is 10.9 Å². The molecular weight excluding hydrogens is 475 g/mol. The first-order valence-corrected chi connectivity index (χ1v) is 11.6. The molecule has 3 atom stereocenters. The molecule has 0 spiro atoms. The van der Waals surface area contributed by atoms with Crippen LogP contribution in [0.2, 0.25) is 0 Å². The minimum absolute atomic E-state index is 0.178. The number of rotatable bonds is 9. The lowest BCUT2D eigenvalue weighted by atomic mass is 10.1. The molecule has 3 aliphatic heterocycles. The molecule has 0 saturated carbocycles. The number of nitrogens with one attached hydrogen (secondary N) is 2. The summed E-state index contributed by atoms with van der Waals surface area (Å²) in [5, 5.41) is 18.7. The van der Waals surface area contributed by atoms with E-state index in [1.165, 1.54) is 0 Å². The normalized spacial score (nSPS) is 26.1. The number of carboxylic acid groups (broad SMARTS) is 1. The lowest BCUT2D eigenvalue weighted by Gasteiger charge is -2.30. The van der Waals surface area contributed by atoms with Crippen LogP contribution in [-0.4, -0.2) is 91.3 Å². The van der Waals surface area contributed by atoms with Gasteiger partial charge >= 0.3 is 25.7 Å². The van der Waals surface area contributed by atoms with Crippen LogP contribution in [0.15, 0.2) is 5.10 Å². The topological polar surface area (TPSA) is 200 Å². The SMILES string of the molecule is CCON1C(SCC(=O)N[C@H]2CON(C3(C(=O)O)CCC(=O)O3)C2=O)=NNN1C[P+](=O)O. The van der Waals surface area contributed by atoms with Crippen molar-refractivity contribution < 1.29 is 48.2 Å². The summed E-state index contributed by atoms with van der Waals surface area (Å²) in [4.78, 5) is 67.5. The molecule has 4 N–H and O–H groups in total. The monoisotopic (exact) mass is 495 g/mol. The molecule has 3 rings (SSSR count). The highest BCUT2D eigenvalue weighted by molar-refractivity contribution is 8.14. The minimum Gasteiger partial charge on any atom is -0.477 e. The highest BCUT2D eigenvalue weighted by Crippen LogP contribution is 2.34. The zero-order valence-electron chi connectivity index (χ0n) is 16.6. The number of hydrazine groups is 2. The standard InChI is InChI=1S/C14H19N6O10PS/c1-2-28-20-13(16-17-18(20)7-31(26)27)32-6-9(21)15-8-5-29-19(11(8)23)14(12(24)25)4-3-10(22)30-14/h8,17H,2-7H2,1H3,(H2-,15,21,24,25,26,27)/p+1/t8-,14?/m0/s1. The van der Waals surface area contributed by atoms with Gasteiger partial charge in [0.2, 0.25) is 11.1 Å². The van der Waals surface area contributed by atoms with Crippen LogP contribution in [0.1, 0.15) is 19.8 Å². The fraction of sp³-hybridized carbons (Fsp3) is 0.643. The first kappa shape index (κ1) is 24.1. The van der Waals surface area contributed by atoms with Crippen molar-refractivity contribution in [3.8, 4) is 0 Å². The predicted molar refractivity (Wildman–Crippen MR) is 103 cm³/mol. The molecule has 2 fully saturated rings. The maximum Gasteiger partial charge on any atom is 0.525 e. The van der Waals surface area contributed by atoms with Crippen molar-refractivity contribution in [2.24, 2.45) is 5.10 Å². The Balaban J connectivity index is 1.54. The summed E-state index contributed by atoms with van der Waals surface area (Å²) < 4.78 is 15.9. The van der Waals surface area contributed by atoms with Crippen molar-refractivity contribution >= 4 is 48.7 Å². The highest BCUT2D eigenvalue weighted by Gasteiger charge is 2.59. The molecule has 0 radical (unpaired) electrons. The zero-order chi connectivity index (χ0) is 23.5. The number of aliphatic carboxylic acids is 1. The number of nitrogens with zero attached hydrogens (tertiary/aromatic N) is 4. The van der Waals surface area contributed by atoms with Gasteiger partial charge in [-0.3, -0.25) is 24.1 Å². The van der Waals surface area contributed by atoms with Gasteiger partial charge in [-0.1, -0.05) is 11.8 Å². The summed E-state index contributed by atoms with van der Waals surface area (Å²) in [5.41, 5.74) is 0.218. The number of ether oxygens (including phenoxy) is 1. The van der Waals surface area contributed by atoms with Crippen LogP contribution in [0.25, 0.3) is 0 Å². The minimum atomic E-state index is -2.52. The summed E-state index contributed by atoms with van der Waals surface area (Å²) in [5.74, 6) is -4.02. The number of hydrazone groups is 1. The van der Waals surface area contributed by atoms with Crippen molar-refractivity contribution in [3.63, 3.8) is 0 Å². The molecular formula is C14H20N6O10PS+. The van der Waals surface area contributed by atoms with Crippen molar-refractivity contribution in [1.82, 2.24) is 26.2 Å². The van der Waals surface area contributed by atoms with E-state index in [2.05, 4.69) is 16.0 Å². The van der Waals surface area contributed by atoms with E-state index in [0.717, 1.165) is 22.1 Å². The maximum atomic E-state index is 12.6. The third-order valence-corrected chi connectivity index (χ3v) is 5.72. The van der Waals surface area contributed by atoms with Gasteiger partial charge < -0.3 is 15.2 Å². The number of carbonyl (C=O) groups excluding carboxylic acids is 3. The quantitative estimate of drug-likeness (QED) is 0.203. The Labute approximate surface area is 185 Å². The van der Waals surface area contributed by atoms with E-state index in [0.29, 0.717) is 5.06 Å². The molecule has 0 aromatic rings. The number of esters is 1. The lowest BCUT2D eigenvalue weighted by Crippen LogP contribution is -2.56. The summed E-state index contributed by atoms with van der Waals surface area (Å²) in [7, 11) is -2.52. The van der Waals surface area contributed by atoms with Crippen LogP contribution in [0.5, 0.6) is 0 Å². The average Bonchev–Trinajstić information content (AvgIpc) is 3.40. The summed E-state index contributed by atoms with van der Waals surface area (Å²) in [6.45, 7) is 1.56. The van der Waals surface area contributed by atoms with Gasteiger partial charge in [-0.2, -0.15) is 9.96 Å². The molecule has 0 bridgehead atoms. The van der Waals surface area contributed by atoms with Gasteiger partial charge in [0.05, 0.1) is 18.8 Å². The van der Waals surface area contributed by atoms with Crippen LogP contribution in [0, 0.1) is 0 Å². The summed E-state index contributed by atoms with van der Waals surface area (Å²) in [6, 6.07) is -1.18. The van der Waals surface area contributed by atoms with Crippen LogP contribution >= 0.6 is 19.8 Å². The number of cyclic esters (lactones) is 1. The van der Waals surface area contributed by atoms with Gasteiger partial charge in [0, 0.05) is 6.42 Å². The largest absolute Gasteiger partial charge is 0.525 e. The molecule has 16 nitrogen and oxygen atoms in total. The number of carbonyl (C=O) groups is 4. The number of hydrogen-bond donors (Lipinski definition) is 4. The molecule has 0 aromatic carbocycles. The predicted octanol–water partition coefficient (Wildman–Crippen LogP) is -1.95. The molecule has 2 unspecified atom stereocenters. The smallest absolute Gasteiger partial charge is 0.477 e. The zero-order valence-corrected chi connectivity index (χ0v) is 18.3. The van der Waals surface area contributed by atoms with Gasteiger partial charge in [0.15, 0.2) is 0 Å². The number of carboxylic acids is 1. The van der Waals surface area contributed by atoms with Gasteiger partial charge in [-0.05, 0) is 16.6 Å². The molecule has 0 aromatic heterocycles. The molecule has 18 heteroatoms.